The normalized spacial score (nSPS) is 27.4. The van der Waals surface area contributed by atoms with Crippen molar-refractivity contribution in [3.63, 3.8) is 0 Å². The Bertz CT molecular complexity index is 494. The van der Waals surface area contributed by atoms with Gasteiger partial charge >= 0.3 is 5.69 Å². The summed E-state index contributed by atoms with van der Waals surface area (Å²) in [4.78, 5) is 15.3. The summed E-state index contributed by atoms with van der Waals surface area (Å²) in [6.07, 6.45) is -0.578. The molecule has 1 aliphatic rings. The number of hydrogen-bond acceptors (Lipinski definition) is 7. The van der Waals surface area contributed by atoms with Crippen LogP contribution in [0.5, 0.6) is 0 Å². The van der Waals surface area contributed by atoms with Crippen LogP contribution in [-0.4, -0.2) is 43.8 Å². The summed E-state index contributed by atoms with van der Waals surface area (Å²) in [5.41, 5.74) is 1.15. The maximum Gasteiger partial charge on any atom is 0.351 e. The fourth-order valence-electron chi connectivity index (χ4n) is 1.80. The first-order valence-electron chi connectivity index (χ1n) is 5.20. The number of aliphatic hydroxyl groups is 2. The van der Waals surface area contributed by atoms with Crippen LogP contribution in [0.25, 0.3) is 0 Å². The quantitative estimate of drug-likeness (QED) is 0.411. The number of rotatable bonds is 3. The smallest absolute Gasteiger partial charge is 0.351 e. The van der Waals surface area contributed by atoms with E-state index in [-0.39, 0.29) is 18.8 Å². The topological polar surface area (TPSA) is 117 Å². The second-order valence-corrected chi connectivity index (χ2v) is 5.04. The summed E-state index contributed by atoms with van der Waals surface area (Å²) in [5, 5.41) is 27.5. The molecule has 0 spiro atoms. The molecule has 0 aliphatic carbocycles. The Balaban J connectivity index is 2.34. The van der Waals surface area contributed by atoms with Crippen LogP contribution in [0.2, 0.25) is 0 Å². The number of aliphatic hydroxyl groups excluding tert-OH is 2. The van der Waals surface area contributed by atoms with Crippen molar-refractivity contribution in [2.45, 2.75) is 24.9 Å². The number of ether oxygens (including phenoxy) is 1. The average molecular weight is 369 g/mol. The lowest BCUT2D eigenvalue weighted by molar-refractivity contribution is -0.0530. The van der Waals surface area contributed by atoms with E-state index in [1.807, 2.05) is 28.1 Å². The molecule has 2 heterocycles. The summed E-state index contributed by atoms with van der Waals surface area (Å²) in [5.74, 6) is 0.0445. The molecule has 1 saturated heterocycles. The highest BCUT2D eigenvalue weighted by atomic mass is 127. The number of hydrogen-bond donors (Lipinski definition) is 4. The van der Waals surface area contributed by atoms with Crippen molar-refractivity contribution in [3.05, 3.63) is 20.3 Å². The molecule has 0 radical (unpaired) electrons. The highest BCUT2D eigenvalue weighted by molar-refractivity contribution is 14.1. The summed E-state index contributed by atoms with van der Waals surface area (Å²) in [6.45, 7) is -0.219. The maximum absolute atomic E-state index is 11.7. The van der Waals surface area contributed by atoms with Gasteiger partial charge in [-0.05, 0) is 22.6 Å². The summed E-state index contributed by atoms with van der Waals surface area (Å²) in [7, 11) is 0. The fourth-order valence-corrected chi connectivity index (χ4v) is 2.34. The Morgan fingerprint density at radius 1 is 1.67 bits per heavy atom. The van der Waals surface area contributed by atoms with Crippen LogP contribution in [0.3, 0.4) is 0 Å². The van der Waals surface area contributed by atoms with Crippen molar-refractivity contribution in [2.24, 2.45) is 0 Å². The molecule has 0 bridgehead atoms. The molecule has 1 aliphatic heterocycles. The molecule has 1 aromatic rings. The molecule has 3 atom stereocenters. The van der Waals surface area contributed by atoms with Gasteiger partial charge < -0.3 is 14.9 Å². The molecule has 0 aromatic carbocycles. The lowest BCUT2D eigenvalue weighted by Crippen LogP contribution is -2.32. The van der Waals surface area contributed by atoms with Gasteiger partial charge in [-0.25, -0.2) is 4.79 Å². The third-order valence-electron chi connectivity index (χ3n) is 2.66. The van der Waals surface area contributed by atoms with Gasteiger partial charge in [0.05, 0.1) is 16.3 Å². The minimum absolute atomic E-state index is 0.0445. The maximum atomic E-state index is 11.7. The number of nitrogens with zero attached hydrogens (tertiary/aromatic N) is 2. The van der Waals surface area contributed by atoms with E-state index in [4.69, 9.17) is 15.1 Å². The van der Waals surface area contributed by atoms with Gasteiger partial charge in [0.1, 0.15) is 6.10 Å². The highest BCUT2D eigenvalue weighted by Gasteiger charge is 2.35. The van der Waals surface area contributed by atoms with Crippen molar-refractivity contribution in [1.29, 1.82) is 0 Å². The molecule has 9 heteroatoms. The molecule has 8 nitrogen and oxygen atoms in total. The standard InChI is InChI=1S/C9H12IN3O5/c10-5-2-13(9(16)11-7(5)12-17)8-6(15)1-4(3-14)18-8/h2,4,6,8,14-15,17H,1,3H2,(H,11,12,16)/t4-,6?,8+/m0/s1. The van der Waals surface area contributed by atoms with E-state index in [1.165, 1.54) is 6.20 Å². The molecule has 1 aromatic heterocycles. The van der Waals surface area contributed by atoms with Crippen molar-refractivity contribution in [2.75, 3.05) is 12.1 Å². The molecular weight excluding hydrogens is 357 g/mol. The second-order valence-electron chi connectivity index (χ2n) is 3.87. The van der Waals surface area contributed by atoms with Crippen LogP contribution in [0.1, 0.15) is 12.6 Å². The van der Waals surface area contributed by atoms with Crippen LogP contribution < -0.4 is 11.2 Å². The summed E-state index contributed by atoms with van der Waals surface area (Å²) < 4.78 is 6.99. The Kier molecular flexibility index (Phi) is 4.17. The Morgan fingerprint density at radius 3 is 2.94 bits per heavy atom. The molecule has 100 valence electrons. The Morgan fingerprint density at radius 2 is 2.39 bits per heavy atom. The number of nitrogens with one attached hydrogen (secondary N) is 1. The van der Waals surface area contributed by atoms with Crippen LogP contribution in [0, 0.1) is 3.57 Å². The van der Waals surface area contributed by atoms with Gasteiger partial charge in [-0.3, -0.25) is 15.3 Å². The molecule has 18 heavy (non-hydrogen) atoms. The van der Waals surface area contributed by atoms with Gasteiger partial charge in [0.2, 0.25) is 0 Å². The van der Waals surface area contributed by atoms with Crippen LogP contribution >= 0.6 is 22.6 Å². The van der Waals surface area contributed by atoms with Crippen LogP contribution in [-0.2, 0) is 4.74 Å². The van der Waals surface area contributed by atoms with E-state index in [2.05, 4.69) is 4.98 Å². The zero-order valence-electron chi connectivity index (χ0n) is 9.15. The third-order valence-corrected chi connectivity index (χ3v) is 3.45. The van der Waals surface area contributed by atoms with E-state index >= 15 is 0 Å². The van der Waals surface area contributed by atoms with Gasteiger partial charge in [0.15, 0.2) is 12.0 Å². The summed E-state index contributed by atoms with van der Waals surface area (Å²) in [6, 6.07) is 0. The van der Waals surface area contributed by atoms with Crippen LogP contribution in [0.15, 0.2) is 11.0 Å². The number of anilines is 1. The van der Waals surface area contributed by atoms with Gasteiger partial charge in [0, 0.05) is 12.6 Å². The van der Waals surface area contributed by atoms with E-state index in [0.29, 0.717) is 3.57 Å². The number of aromatic nitrogens is 2. The van der Waals surface area contributed by atoms with E-state index in [1.54, 1.807) is 0 Å². The van der Waals surface area contributed by atoms with Crippen LogP contribution in [0.4, 0.5) is 5.82 Å². The van der Waals surface area contributed by atoms with E-state index < -0.39 is 24.1 Å². The third kappa shape index (κ3) is 2.49. The first kappa shape index (κ1) is 13.7. The Labute approximate surface area is 115 Å². The SMILES string of the molecule is O=c1nc(NO)c(I)cn1[C@@H]1O[C@H](CO)CC1O. The monoisotopic (exact) mass is 369 g/mol. The predicted octanol–water partition coefficient (Wildman–Crippen LogP) is -0.710. The van der Waals surface area contributed by atoms with E-state index in [9.17, 15) is 9.90 Å². The Hall–Kier alpha value is -0.750. The second kappa shape index (κ2) is 5.48. The molecular formula is C9H12IN3O5. The molecule has 0 amide bonds. The minimum Gasteiger partial charge on any atom is -0.394 e. The van der Waals surface area contributed by atoms with Gasteiger partial charge in [-0.1, -0.05) is 0 Å². The first-order chi connectivity index (χ1) is 8.56. The fraction of sp³-hybridized carbons (Fsp3) is 0.556. The largest absolute Gasteiger partial charge is 0.394 e. The summed E-state index contributed by atoms with van der Waals surface area (Å²) >= 11 is 1.88. The molecule has 1 unspecified atom stereocenters. The van der Waals surface area contributed by atoms with Gasteiger partial charge in [-0.15, -0.1) is 0 Å². The predicted molar refractivity (Wildman–Crippen MR) is 68.2 cm³/mol. The highest BCUT2D eigenvalue weighted by Crippen LogP contribution is 2.28. The van der Waals surface area contributed by atoms with Gasteiger partial charge in [-0.2, -0.15) is 4.98 Å². The van der Waals surface area contributed by atoms with E-state index in [0.717, 1.165) is 4.57 Å². The zero-order chi connectivity index (χ0) is 13.3. The van der Waals surface area contributed by atoms with Crippen molar-refractivity contribution in [1.82, 2.24) is 9.55 Å². The zero-order valence-corrected chi connectivity index (χ0v) is 11.3. The molecule has 2 rings (SSSR count). The van der Waals surface area contributed by atoms with Gasteiger partial charge in [0.25, 0.3) is 0 Å². The average Bonchev–Trinajstić information content (AvgIpc) is 2.73. The molecule has 0 saturated carbocycles. The van der Waals surface area contributed by atoms with Crippen molar-refractivity contribution < 1.29 is 20.2 Å². The van der Waals surface area contributed by atoms with Crippen molar-refractivity contribution >= 4 is 28.4 Å². The molecule has 4 N–H and O–H groups in total. The lowest BCUT2D eigenvalue weighted by atomic mass is 10.2. The minimum atomic E-state index is -0.884. The lowest BCUT2D eigenvalue weighted by Gasteiger charge is -2.17. The number of halogens is 1. The molecule has 1 fully saturated rings. The van der Waals surface area contributed by atoms with Crippen molar-refractivity contribution in [3.8, 4) is 0 Å². The first-order valence-corrected chi connectivity index (χ1v) is 6.28.